The average molecular weight is 326 g/mol. The van der Waals surface area contributed by atoms with Crippen LogP contribution in [0.25, 0.3) is 0 Å². The van der Waals surface area contributed by atoms with Crippen molar-refractivity contribution in [3.8, 4) is 0 Å². The van der Waals surface area contributed by atoms with Crippen LogP contribution in [0.15, 0.2) is 0 Å². The molecule has 2 unspecified atom stereocenters. The fraction of sp³-hybridized carbons (Fsp3) is 0.882. The summed E-state index contributed by atoms with van der Waals surface area (Å²) < 4.78 is 5.36. The van der Waals surface area contributed by atoms with E-state index in [1.807, 2.05) is 13.8 Å². The average Bonchev–Trinajstić information content (AvgIpc) is 3.22. The van der Waals surface area contributed by atoms with Crippen LogP contribution in [0.5, 0.6) is 0 Å². The van der Waals surface area contributed by atoms with Gasteiger partial charge < -0.3 is 20.1 Å². The second kappa shape index (κ2) is 8.64. The van der Waals surface area contributed by atoms with E-state index in [-0.39, 0.29) is 17.7 Å². The summed E-state index contributed by atoms with van der Waals surface area (Å²) in [4.78, 5) is 25.4. The molecule has 2 N–H and O–H groups in total. The number of nitrogens with zero attached hydrogens (tertiary/aromatic N) is 1. The molecule has 132 valence electrons. The van der Waals surface area contributed by atoms with E-state index >= 15 is 0 Å². The minimum absolute atomic E-state index is 0.285. The predicted octanol–water partition coefficient (Wildman–Crippen LogP) is 0.783. The Morgan fingerprint density at radius 1 is 1.35 bits per heavy atom. The maximum atomic E-state index is 12.2. The SMILES string of the molecule is CC(C)CC(C(O)C(=O)NCC1CC1)N(C=O)C[C@@H]1CCOC1. The van der Waals surface area contributed by atoms with Gasteiger partial charge in [-0.25, -0.2) is 0 Å². The van der Waals surface area contributed by atoms with Crippen LogP contribution in [0, 0.1) is 17.8 Å². The van der Waals surface area contributed by atoms with E-state index in [4.69, 9.17) is 4.74 Å². The van der Waals surface area contributed by atoms with Crippen LogP contribution in [0.2, 0.25) is 0 Å². The number of nitrogens with one attached hydrogen (secondary N) is 1. The van der Waals surface area contributed by atoms with E-state index in [1.54, 1.807) is 4.90 Å². The number of amides is 2. The Morgan fingerprint density at radius 2 is 2.09 bits per heavy atom. The zero-order chi connectivity index (χ0) is 16.8. The van der Waals surface area contributed by atoms with Gasteiger partial charge in [0.25, 0.3) is 5.91 Å². The van der Waals surface area contributed by atoms with Gasteiger partial charge in [-0.1, -0.05) is 13.8 Å². The Hall–Kier alpha value is -1.14. The normalized spacial score (nSPS) is 23.6. The van der Waals surface area contributed by atoms with Crippen molar-refractivity contribution in [1.29, 1.82) is 0 Å². The summed E-state index contributed by atoms with van der Waals surface area (Å²) in [6.45, 7) is 6.59. The molecule has 1 saturated heterocycles. The topological polar surface area (TPSA) is 78.9 Å². The minimum atomic E-state index is -1.18. The van der Waals surface area contributed by atoms with E-state index in [2.05, 4.69) is 5.32 Å². The van der Waals surface area contributed by atoms with Gasteiger partial charge >= 0.3 is 0 Å². The number of carbonyl (C=O) groups is 2. The number of aliphatic hydroxyl groups is 1. The van der Waals surface area contributed by atoms with Crippen molar-refractivity contribution in [1.82, 2.24) is 10.2 Å². The highest BCUT2D eigenvalue weighted by Crippen LogP contribution is 2.27. The smallest absolute Gasteiger partial charge is 0.251 e. The molecule has 2 fully saturated rings. The van der Waals surface area contributed by atoms with Crippen molar-refractivity contribution in [2.75, 3.05) is 26.3 Å². The summed E-state index contributed by atoms with van der Waals surface area (Å²) in [5.41, 5.74) is 0. The lowest BCUT2D eigenvalue weighted by Crippen LogP contribution is -2.52. The summed E-state index contributed by atoms with van der Waals surface area (Å²) in [7, 11) is 0. The van der Waals surface area contributed by atoms with Crippen molar-refractivity contribution in [2.24, 2.45) is 17.8 Å². The standard InChI is InChI=1S/C17H30N2O4/c1-12(2)7-15(16(21)17(22)18-8-13-3-4-13)19(11-20)9-14-5-6-23-10-14/h11-16,21H,3-10H2,1-2H3,(H,18,22)/t14-,15?,16?/m0/s1. The van der Waals surface area contributed by atoms with Crippen molar-refractivity contribution in [3.05, 3.63) is 0 Å². The molecule has 2 aliphatic rings. The summed E-state index contributed by atoms with van der Waals surface area (Å²) in [6.07, 6.45) is 3.40. The summed E-state index contributed by atoms with van der Waals surface area (Å²) in [6, 6.07) is -0.479. The number of rotatable bonds is 10. The molecule has 23 heavy (non-hydrogen) atoms. The molecule has 0 spiro atoms. The third-order valence-electron chi connectivity index (χ3n) is 4.66. The number of hydrogen-bond acceptors (Lipinski definition) is 4. The lowest BCUT2D eigenvalue weighted by atomic mass is 9.96. The first-order valence-corrected chi connectivity index (χ1v) is 8.75. The molecule has 6 heteroatoms. The second-order valence-corrected chi connectivity index (χ2v) is 7.36. The molecule has 0 radical (unpaired) electrons. The van der Waals surface area contributed by atoms with Crippen LogP contribution < -0.4 is 5.32 Å². The van der Waals surface area contributed by atoms with E-state index in [0.717, 1.165) is 32.3 Å². The molecule has 0 aromatic rings. The number of carbonyl (C=O) groups excluding carboxylic acids is 2. The Bertz CT molecular complexity index is 392. The molecule has 1 heterocycles. The monoisotopic (exact) mass is 326 g/mol. The Balaban J connectivity index is 1.96. The Morgan fingerprint density at radius 3 is 2.61 bits per heavy atom. The van der Waals surface area contributed by atoms with Gasteiger partial charge in [0, 0.05) is 25.6 Å². The van der Waals surface area contributed by atoms with E-state index in [9.17, 15) is 14.7 Å². The fourth-order valence-electron chi connectivity index (χ4n) is 3.06. The highest BCUT2D eigenvalue weighted by molar-refractivity contribution is 5.81. The van der Waals surface area contributed by atoms with Gasteiger partial charge in [0.15, 0.2) is 6.10 Å². The zero-order valence-corrected chi connectivity index (χ0v) is 14.2. The van der Waals surface area contributed by atoms with Crippen LogP contribution in [0.1, 0.15) is 39.5 Å². The van der Waals surface area contributed by atoms with Crippen molar-refractivity contribution >= 4 is 12.3 Å². The van der Waals surface area contributed by atoms with Crippen LogP contribution >= 0.6 is 0 Å². The van der Waals surface area contributed by atoms with Crippen LogP contribution in [0.3, 0.4) is 0 Å². The van der Waals surface area contributed by atoms with Crippen molar-refractivity contribution < 1.29 is 19.4 Å². The molecule has 2 amide bonds. The summed E-state index contributed by atoms with van der Waals surface area (Å²) in [5.74, 6) is 0.773. The summed E-state index contributed by atoms with van der Waals surface area (Å²) >= 11 is 0. The van der Waals surface area contributed by atoms with Crippen LogP contribution in [-0.2, 0) is 14.3 Å². The Labute approximate surface area is 138 Å². The van der Waals surface area contributed by atoms with Crippen LogP contribution in [0.4, 0.5) is 0 Å². The van der Waals surface area contributed by atoms with Gasteiger partial charge in [0.1, 0.15) is 0 Å². The number of ether oxygens (including phenoxy) is 1. The van der Waals surface area contributed by atoms with Gasteiger partial charge in [-0.05, 0) is 37.5 Å². The molecule has 0 bridgehead atoms. The van der Waals surface area contributed by atoms with Crippen LogP contribution in [-0.4, -0.2) is 60.8 Å². The number of aliphatic hydroxyl groups excluding tert-OH is 1. The Kier molecular flexibility index (Phi) is 6.84. The van der Waals surface area contributed by atoms with Gasteiger partial charge in [0.05, 0.1) is 12.6 Å². The number of hydrogen-bond donors (Lipinski definition) is 2. The first-order valence-electron chi connectivity index (χ1n) is 8.75. The third kappa shape index (κ3) is 5.77. The molecule has 0 aromatic carbocycles. The summed E-state index contributed by atoms with van der Waals surface area (Å²) in [5, 5.41) is 13.3. The zero-order valence-electron chi connectivity index (χ0n) is 14.2. The van der Waals surface area contributed by atoms with E-state index < -0.39 is 12.1 Å². The minimum Gasteiger partial charge on any atom is -0.381 e. The van der Waals surface area contributed by atoms with E-state index in [1.165, 1.54) is 0 Å². The maximum Gasteiger partial charge on any atom is 0.251 e. The largest absolute Gasteiger partial charge is 0.381 e. The molecule has 0 aromatic heterocycles. The fourth-order valence-corrected chi connectivity index (χ4v) is 3.06. The third-order valence-corrected chi connectivity index (χ3v) is 4.66. The van der Waals surface area contributed by atoms with Crippen molar-refractivity contribution in [2.45, 2.75) is 51.7 Å². The second-order valence-electron chi connectivity index (χ2n) is 7.36. The van der Waals surface area contributed by atoms with Gasteiger partial charge in [0.2, 0.25) is 6.41 Å². The molecule has 6 nitrogen and oxygen atoms in total. The predicted molar refractivity (Wildman–Crippen MR) is 86.7 cm³/mol. The molecular weight excluding hydrogens is 296 g/mol. The molecule has 3 atom stereocenters. The highest BCUT2D eigenvalue weighted by atomic mass is 16.5. The first-order chi connectivity index (χ1) is 11.0. The molecular formula is C17H30N2O4. The first kappa shape index (κ1) is 18.2. The molecule has 2 rings (SSSR count). The van der Waals surface area contributed by atoms with Gasteiger partial charge in [-0.3, -0.25) is 9.59 Å². The van der Waals surface area contributed by atoms with Gasteiger partial charge in [-0.15, -0.1) is 0 Å². The molecule has 1 aliphatic carbocycles. The highest BCUT2D eigenvalue weighted by Gasteiger charge is 2.33. The maximum absolute atomic E-state index is 12.2. The quantitative estimate of drug-likeness (QED) is 0.582. The molecule has 1 aliphatic heterocycles. The lowest BCUT2D eigenvalue weighted by molar-refractivity contribution is -0.136. The van der Waals surface area contributed by atoms with Gasteiger partial charge in [-0.2, -0.15) is 0 Å². The lowest BCUT2D eigenvalue weighted by Gasteiger charge is -2.34. The molecule has 1 saturated carbocycles. The van der Waals surface area contributed by atoms with Crippen molar-refractivity contribution in [3.63, 3.8) is 0 Å². The van der Waals surface area contributed by atoms with E-state index in [0.29, 0.717) is 32.0 Å².